The van der Waals surface area contributed by atoms with Gasteiger partial charge in [-0.15, -0.1) is 0 Å². The van der Waals surface area contributed by atoms with Crippen LogP contribution in [0.5, 0.6) is 0 Å². The number of alkyl halides is 3. The molecule has 1 atom stereocenters. The Labute approximate surface area is 122 Å². The van der Waals surface area contributed by atoms with Gasteiger partial charge in [0.25, 0.3) is 10.1 Å². The first-order valence-electron chi connectivity index (χ1n) is 4.79. The van der Waals surface area contributed by atoms with E-state index >= 15 is 0 Å². The Morgan fingerprint density at radius 2 is 1.79 bits per heavy atom. The van der Waals surface area contributed by atoms with Crippen LogP contribution in [-0.2, 0) is 19.9 Å². The molecule has 0 aliphatic carbocycles. The number of halogens is 5. The Hall–Kier alpha value is -0.310. The number of rotatable bonds is 3. The van der Waals surface area contributed by atoms with Gasteiger partial charge in [0, 0.05) is 9.50 Å². The first-order valence-corrected chi connectivity index (χ1v) is 7.78. The van der Waals surface area contributed by atoms with Gasteiger partial charge in [-0.05, 0) is 30.7 Å². The van der Waals surface area contributed by atoms with Gasteiger partial charge in [-0.1, -0.05) is 27.5 Å². The summed E-state index contributed by atoms with van der Waals surface area (Å²) in [6, 6.07) is 3.48. The third kappa shape index (κ3) is 4.08. The Morgan fingerprint density at radius 1 is 1.26 bits per heavy atom. The van der Waals surface area contributed by atoms with Crippen LogP contribution in [0, 0.1) is 0 Å². The van der Waals surface area contributed by atoms with E-state index in [0.29, 0.717) is 13.2 Å². The Morgan fingerprint density at radius 3 is 2.16 bits per heavy atom. The molecular weight excluding hydrogens is 373 g/mol. The van der Waals surface area contributed by atoms with Gasteiger partial charge in [-0.25, -0.2) is 4.18 Å². The minimum absolute atomic E-state index is 0.0250. The van der Waals surface area contributed by atoms with Gasteiger partial charge >= 0.3 is 6.18 Å². The monoisotopic (exact) mass is 380 g/mol. The van der Waals surface area contributed by atoms with Crippen molar-refractivity contribution in [3.8, 4) is 0 Å². The summed E-state index contributed by atoms with van der Waals surface area (Å²) in [7, 11) is -4.32. The van der Waals surface area contributed by atoms with Crippen molar-refractivity contribution >= 4 is 37.6 Å². The molecule has 0 N–H and O–H groups in total. The summed E-state index contributed by atoms with van der Waals surface area (Å²) in [6.07, 6.45) is -4.38. The molecule has 108 valence electrons. The summed E-state index contributed by atoms with van der Waals surface area (Å²) < 4.78 is 66.1. The van der Waals surface area contributed by atoms with Crippen molar-refractivity contribution < 1.29 is 25.8 Å². The fourth-order valence-corrected chi connectivity index (χ4v) is 3.05. The second-order valence-electron chi connectivity index (χ2n) is 3.98. The zero-order valence-corrected chi connectivity index (χ0v) is 12.9. The van der Waals surface area contributed by atoms with Gasteiger partial charge in [0.1, 0.15) is 0 Å². The molecular formula is C10H9BrClF3O3S. The predicted molar refractivity (Wildman–Crippen MR) is 68.5 cm³/mol. The molecule has 0 saturated carbocycles. The lowest BCUT2D eigenvalue weighted by Gasteiger charge is -2.31. The second kappa shape index (κ2) is 5.23. The fourth-order valence-electron chi connectivity index (χ4n) is 1.39. The Bertz CT molecular complexity index is 568. The van der Waals surface area contributed by atoms with Gasteiger partial charge in [0.05, 0.1) is 6.26 Å². The van der Waals surface area contributed by atoms with E-state index in [2.05, 4.69) is 20.1 Å². The molecule has 1 rings (SSSR count). The summed E-state index contributed by atoms with van der Waals surface area (Å²) in [6.45, 7) is 0.631. The smallest absolute Gasteiger partial charge is 0.249 e. The van der Waals surface area contributed by atoms with Crippen LogP contribution in [-0.4, -0.2) is 20.8 Å². The predicted octanol–water partition coefficient (Wildman–Crippen LogP) is 3.86. The molecule has 19 heavy (non-hydrogen) atoms. The van der Waals surface area contributed by atoms with E-state index in [9.17, 15) is 21.6 Å². The molecule has 0 aliphatic heterocycles. The Balaban J connectivity index is 3.48. The average Bonchev–Trinajstić information content (AvgIpc) is 2.11. The number of hydrogen-bond donors (Lipinski definition) is 0. The molecule has 0 aliphatic rings. The largest absolute Gasteiger partial charge is 0.422 e. The number of benzene rings is 1. The highest BCUT2D eigenvalue weighted by Crippen LogP contribution is 2.44. The van der Waals surface area contributed by atoms with Crippen LogP contribution >= 0.6 is 27.5 Å². The maximum Gasteiger partial charge on any atom is 0.422 e. The molecule has 0 fully saturated rings. The number of hydrogen-bond acceptors (Lipinski definition) is 3. The van der Waals surface area contributed by atoms with Crippen LogP contribution in [0.25, 0.3) is 0 Å². The van der Waals surface area contributed by atoms with Crippen molar-refractivity contribution in [1.29, 1.82) is 0 Å². The van der Waals surface area contributed by atoms with Crippen LogP contribution in [0.1, 0.15) is 12.5 Å². The van der Waals surface area contributed by atoms with Crippen molar-refractivity contribution in [2.45, 2.75) is 18.7 Å². The minimum Gasteiger partial charge on any atom is -0.249 e. The van der Waals surface area contributed by atoms with Crippen molar-refractivity contribution in [1.82, 2.24) is 0 Å². The first-order chi connectivity index (χ1) is 8.35. The van der Waals surface area contributed by atoms with E-state index in [4.69, 9.17) is 11.6 Å². The molecule has 0 radical (unpaired) electrons. The van der Waals surface area contributed by atoms with E-state index in [1.165, 1.54) is 6.07 Å². The highest BCUT2D eigenvalue weighted by Gasteiger charge is 2.56. The maximum absolute atomic E-state index is 13.1. The lowest BCUT2D eigenvalue weighted by Crippen LogP contribution is -2.43. The highest BCUT2D eigenvalue weighted by molar-refractivity contribution is 9.10. The van der Waals surface area contributed by atoms with Crippen LogP contribution in [0.15, 0.2) is 22.7 Å². The fraction of sp³-hybridized carbons (Fsp3) is 0.400. The van der Waals surface area contributed by atoms with Gasteiger partial charge in [-0.2, -0.15) is 21.6 Å². The first kappa shape index (κ1) is 16.7. The lowest BCUT2D eigenvalue weighted by molar-refractivity contribution is -0.246. The lowest BCUT2D eigenvalue weighted by atomic mass is 9.95. The minimum atomic E-state index is -4.93. The summed E-state index contributed by atoms with van der Waals surface area (Å²) in [5.41, 5.74) is -3.42. The van der Waals surface area contributed by atoms with Crippen LogP contribution in [0.3, 0.4) is 0 Å². The molecule has 0 bridgehead atoms. The van der Waals surface area contributed by atoms with Crippen LogP contribution in [0.2, 0.25) is 5.02 Å². The Kier molecular flexibility index (Phi) is 4.61. The molecule has 1 unspecified atom stereocenters. The molecule has 3 nitrogen and oxygen atoms in total. The third-order valence-electron chi connectivity index (χ3n) is 2.27. The van der Waals surface area contributed by atoms with Crippen molar-refractivity contribution in [3.63, 3.8) is 0 Å². The zero-order valence-electron chi connectivity index (χ0n) is 9.75. The zero-order chi connectivity index (χ0) is 15.1. The van der Waals surface area contributed by atoms with Gasteiger partial charge in [0.2, 0.25) is 5.60 Å². The van der Waals surface area contributed by atoms with E-state index < -0.39 is 27.5 Å². The molecule has 0 saturated heterocycles. The third-order valence-corrected chi connectivity index (χ3v) is 3.58. The molecule has 9 heteroatoms. The standard InChI is InChI=1S/C10H9BrClF3O3S/c1-9(10(13,14)15,18-19(2,16)17)6-3-7(11)5-8(12)4-6/h3-5H,1-2H3. The van der Waals surface area contributed by atoms with E-state index in [1.54, 1.807) is 0 Å². The molecule has 0 amide bonds. The highest BCUT2D eigenvalue weighted by atomic mass is 79.9. The molecule has 1 aromatic rings. The second-order valence-corrected chi connectivity index (χ2v) is 6.90. The topological polar surface area (TPSA) is 43.4 Å². The van der Waals surface area contributed by atoms with Crippen molar-refractivity contribution in [2.24, 2.45) is 0 Å². The molecule has 0 aromatic heterocycles. The van der Waals surface area contributed by atoms with E-state index in [-0.39, 0.29) is 9.50 Å². The van der Waals surface area contributed by atoms with Crippen LogP contribution in [0.4, 0.5) is 13.2 Å². The SMILES string of the molecule is CC(OS(C)(=O)=O)(c1cc(Cl)cc(Br)c1)C(F)(F)F. The van der Waals surface area contributed by atoms with Crippen molar-refractivity contribution in [3.05, 3.63) is 33.3 Å². The van der Waals surface area contributed by atoms with Crippen molar-refractivity contribution in [2.75, 3.05) is 6.26 Å². The van der Waals surface area contributed by atoms with Gasteiger partial charge in [0.15, 0.2) is 0 Å². The molecule has 1 aromatic carbocycles. The summed E-state index contributed by atoms with van der Waals surface area (Å²) >= 11 is 8.67. The normalized spacial score (nSPS) is 16.2. The van der Waals surface area contributed by atoms with E-state index in [1.807, 2.05) is 0 Å². The quantitative estimate of drug-likeness (QED) is 0.747. The summed E-state index contributed by atoms with van der Waals surface area (Å²) in [4.78, 5) is 0. The van der Waals surface area contributed by atoms with E-state index in [0.717, 1.165) is 12.1 Å². The summed E-state index contributed by atoms with van der Waals surface area (Å²) in [5.74, 6) is 0. The summed E-state index contributed by atoms with van der Waals surface area (Å²) in [5, 5.41) is 0.0250. The van der Waals surface area contributed by atoms with Gasteiger partial charge in [-0.3, -0.25) is 0 Å². The maximum atomic E-state index is 13.1. The molecule has 0 heterocycles. The average molecular weight is 382 g/mol. The van der Waals surface area contributed by atoms with Gasteiger partial charge < -0.3 is 0 Å². The van der Waals surface area contributed by atoms with Crippen LogP contribution < -0.4 is 0 Å². The molecule has 0 spiro atoms.